The van der Waals surface area contributed by atoms with Crippen molar-refractivity contribution in [3.63, 3.8) is 0 Å². The van der Waals surface area contributed by atoms with Gasteiger partial charge in [-0.1, -0.05) is 0 Å². The first-order valence-electron chi connectivity index (χ1n) is 5.35. The van der Waals surface area contributed by atoms with E-state index in [2.05, 4.69) is 31.9 Å². The van der Waals surface area contributed by atoms with E-state index in [4.69, 9.17) is 14.2 Å². The smallest absolute Gasteiger partial charge is 0.347 e. The van der Waals surface area contributed by atoms with Crippen LogP contribution in [0.3, 0.4) is 0 Å². The SMILES string of the molecule is CCOC(=O)C(C)Oc1cc(Br)c(OC)cc1Br. The van der Waals surface area contributed by atoms with Gasteiger partial charge in [0.2, 0.25) is 0 Å². The number of ether oxygens (including phenoxy) is 3. The number of halogens is 2. The molecule has 0 bridgehead atoms. The van der Waals surface area contributed by atoms with Crippen LogP contribution in [0, 0.1) is 0 Å². The Balaban J connectivity index is 2.85. The summed E-state index contributed by atoms with van der Waals surface area (Å²) in [5.41, 5.74) is 0. The largest absolute Gasteiger partial charge is 0.496 e. The van der Waals surface area contributed by atoms with Crippen molar-refractivity contribution < 1.29 is 19.0 Å². The molecule has 0 aliphatic carbocycles. The highest BCUT2D eigenvalue weighted by atomic mass is 79.9. The summed E-state index contributed by atoms with van der Waals surface area (Å²) in [5, 5.41) is 0. The van der Waals surface area contributed by atoms with E-state index in [0.29, 0.717) is 22.6 Å². The molecule has 0 heterocycles. The Hall–Kier alpha value is -0.750. The Morgan fingerprint density at radius 1 is 1.28 bits per heavy atom. The highest BCUT2D eigenvalue weighted by Crippen LogP contribution is 2.36. The van der Waals surface area contributed by atoms with Crippen LogP contribution in [0.25, 0.3) is 0 Å². The molecular weight excluding hydrogens is 368 g/mol. The van der Waals surface area contributed by atoms with E-state index in [1.54, 1.807) is 33.1 Å². The average molecular weight is 382 g/mol. The van der Waals surface area contributed by atoms with Crippen molar-refractivity contribution in [2.45, 2.75) is 20.0 Å². The van der Waals surface area contributed by atoms with Crippen molar-refractivity contribution in [3.8, 4) is 11.5 Å². The third-order valence-corrected chi connectivity index (χ3v) is 3.37. The molecule has 1 unspecified atom stereocenters. The van der Waals surface area contributed by atoms with Crippen LogP contribution in [-0.4, -0.2) is 25.8 Å². The topological polar surface area (TPSA) is 44.8 Å². The van der Waals surface area contributed by atoms with Gasteiger partial charge in [0.25, 0.3) is 0 Å². The Bertz CT molecular complexity index is 434. The number of hydrogen-bond acceptors (Lipinski definition) is 4. The fraction of sp³-hybridized carbons (Fsp3) is 0.417. The molecule has 0 fully saturated rings. The molecule has 0 saturated heterocycles. The number of carbonyl (C=O) groups is 1. The van der Waals surface area contributed by atoms with Gasteiger partial charge in [-0.15, -0.1) is 0 Å². The van der Waals surface area contributed by atoms with Crippen LogP contribution >= 0.6 is 31.9 Å². The van der Waals surface area contributed by atoms with Crippen molar-refractivity contribution in [1.82, 2.24) is 0 Å². The second-order valence-electron chi connectivity index (χ2n) is 3.43. The van der Waals surface area contributed by atoms with Crippen LogP contribution < -0.4 is 9.47 Å². The lowest BCUT2D eigenvalue weighted by molar-refractivity contribution is -0.150. The molecule has 0 amide bonds. The van der Waals surface area contributed by atoms with Crippen LogP contribution in [0.15, 0.2) is 21.1 Å². The third-order valence-electron chi connectivity index (χ3n) is 2.13. The minimum atomic E-state index is -0.665. The van der Waals surface area contributed by atoms with E-state index in [0.717, 1.165) is 4.47 Å². The zero-order valence-electron chi connectivity index (χ0n) is 10.3. The third kappa shape index (κ3) is 3.88. The monoisotopic (exact) mass is 380 g/mol. The molecule has 0 aliphatic rings. The van der Waals surface area contributed by atoms with E-state index in [1.807, 2.05) is 0 Å². The molecule has 18 heavy (non-hydrogen) atoms. The summed E-state index contributed by atoms with van der Waals surface area (Å²) in [5.74, 6) is 0.831. The molecule has 1 atom stereocenters. The van der Waals surface area contributed by atoms with Crippen LogP contribution in [0.1, 0.15) is 13.8 Å². The Labute approximate surface area is 123 Å². The zero-order chi connectivity index (χ0) is 13.7. The summed E-state index contributed by atoms with van der Waals surface area (Å²) < 4.78 is 17.0. The minimum Gasteiger partial charge on any atom is -0.496 e. The number of hydrogen-bond donors (Lipinski definition) is 0. The highest BCUT2D eigenvalue weighted by molar-refractivity contribution is 9.11. The maximum Gasteiger partial charge on any atom is 0.347 e. The Kier molecular flexibility index (Phi) is 5.95. The summed E-state index contributed by atoms with van der Waals surface area (Å²) >= 11 is 6.72. The fourth-order valence-electron chi connectivity index (χ4n) is 1.26. The van der Waals surface area contributed by atoms with Crippen LogP contribution in [-0.2, 0) is 9.53 Å². The van der Waals surface area contributed by atoms with Gasteiger partial charge < -0.3 is 14.2 Å². The molecule has 1 aromatic carbocycles. The molecule has 6 heteroatoms. The highest BCUT2D eigenvalue weighted by Gasteiger charge is 2.18. The molecule has 0 spiro atoms. The van der Waals surface area contributed by atoms with Gasteiger partial charge >= 0.3 is 5.97 Å². The summed E-state index contributed by atoms with van der Waals surface area (Å²) in [6, 6.07) is 3.50. The number of esters is 1. The predicted octanol–water partition coefficient (Wildman–Crippen LogP) is 3.55. The number of benzene rings is 1. The van der Waals surface area contributed by atoms with Gasteiger partial charge in [-0.2, -0.15) is 0 Å². The number of rotatable bonds is 5. The first kappa shape index (κ1) is 15.3. The first-order valence-corrected chi connectivity index (χ1v) is 6.94. The Morgan fingerprint density at radius 2 is 1.83 bits per heavy atom. The maximum atomic E-state index is 11.5. The van der Waals surface area contributed by atoms with Gasteiger partial charge in [-0.3, -0.25) is 0 Å². The van der Waals surface area contributed by atoms with Gasteiger partial charge in [0, 0.05) is 0 Å². The van der Waals surface area contributed by atoms with E-state index >= 15 is 0 Å². The lowest BCUT2D eigenvalue weighted by Gasteiger charge is -2.15. The van der Waals surface area contributed by atoms with E-state index < -0.39 is 12.1 Å². The van der Waals surface area contributed by atoms with Crippen molar-refractivity contribution >= 4 is 37.8 Å². The molecular formula is C12H14Br2O4. The minimum absolute atomic E-state index is 0.333. The second-order valence-corrected chi connectivity index (χ2v) is 5.14. The molecule has 1 aromatic rings. The predicted molar refractivity (Wildman–Crippen MR) is 75.1 cm³/mol. The molecule has 0 radical (unpaired) electrons. The molecule has 0 N–H and O–H groups in total. The van der Waals surface area contributed by atoms with E-state index in [9.17, 15) is 4.79 Å². The maximum absolute atomic E-state index is 11.5. The van der Waals surface area contributed by atoms with E-state index in [-0.39, 0.29) is 0 Å². The average Bonchev–Trinajstić information content (AvgIpc) is 2.33. The van der Waals surface area contributed by atoms with Crippen molar-refractivity contribution in [2.24, 2.45) is 0 Å². The van der Waals surface area contributed by atoms with Gasteiger partial charge in [0.1, 0.15) is 11.5 Å². The second kappa shape index (κ2) is 6.99. The van der Waals surface area contributed by atoms with E-state index in [1.165, 1.54) is 0 Å². The normalized spacial score (nSPS) is 11.8. The van der Waals surface area contributed by atoms with Crippen molar-refractivity contribution in [1.29, 1.82) is 0 Å². The summed E-state index contributed by atoms with van der Waals surface area (Å²) in [4.78, 5) is 11.5. The van der Waals surface area contributed by atoms with Crippen molar-refractivity contribution in [3.05, 3.63) is 21.1 Å². The standard InChI is InChI=1S/C12H14Br2O4/c1-4-17-12(15)7(2)18-11-6-8(13)10(16-3)5-9(11)14/h5-7H,4H2,1-3H3. The van der Waals surface area contributed by atoms with Gasteiger partial charge in [0.15, 0.2) is 6.10 Å². The summed E-state index contributed by atoms with van der Waals surface area (Å²) in [6.07, 6.45) is -0.665. The molecule has 4 nitrogen and oxygen atoms in total. The number of carbonyl (C=O) groups excluding carboxylic acids is 1. The summed E-state index contributed by atoms with van der Waals surface area (Å²) in [7, 11) is 1.58. The van der Waals surface area contributed by atoms with Crippen LogP contribution in [0.5, 0.6) is 11.5 Å². The zero-order valence-corrected chi connectivity index (χ0v) is 13.5. The molecule has 0 aliphatic heterocycles. The lowest BCUT2D eigenvalue weighted by atomic mass is 10.3. The molecule has 1 rings (SSSR count). The van der Waals surface area contributed by atoms with Gasteiger partial charge in [-0.25, -0.2) is 4.79 Å². The lowest BCUT2D eigenvalue weighted by Crippen LogP contribution is -2.26. The molecule has 100 valence electrons. The van der Waals surface area contributed by atoms with Crippen LogP contribution in [0.4, 0.5) is 0 Å². The molecule has 0 saturated carbocycles. The summed E-state index contributed by atoms with van der Waals surface area (Å²) in [6.45, 7) is 3.73. The first-order chi connectivity index (χ1) is 8.49. The van der Waals surface area contributed by atoms with Crippen LogP contribution in [0.2, 0.25) is 0 Å². The fourth-order valence-corrected chi connectivity index (χ4v) is 2.16. The number of methoxy groups -OCH3 is 1. The molecule has 0 aromatic heterocycles. The van der Waals surface area contributed by atoms with Gasteiger partial charge in [-0.05, 0) is 57.8 Å². The van der Waals surface area contributed by atoms with Crippen molar-refractivity contribution in [2.75, 3.05) is 13.7 Å². The Morgan fingerprint density at radius 3 is 2.39 bits per heavy atom. The van der Waals surface area contributed by atoms with Gasteiger partial charge in [0.05, 0.1) is 22.7 Å². The quantitative estimate of drug-likeness (QED) is 0.731.